The SMILES string of the molecule is CCCOC(=O)c1ccc(O)cc1.O=S(=O)([O-])[O-].[Ba+2]. The Bertz CT molecular complexity index is 461. The maximum Gasteiger partial charge on any atom is 2.00 e. The molecule has 0 saturated carbocycles. The van der Waals surface area contributed by atoms with E-state index in [1.165, 1.54) is 24.3 Å². The van der Waals surface area contributed by atoms with Crippen LogP contribution in [0.2, 0.25) is 0 Å². The van der Waals surface area contributed by atoms with Crippen molar-refractivity contribution in [2.45, 2.75) is 13.3 Å². The van der Waals surface area contributed by atoms with Gasteiger partial charge in [0.15, 0.2) is 0 Å². The number of aromatic hydroxyl groups is 1. The summed E-state index contributed by atoms with van der Waals surface area (Å²) in [6, 6.07) is 5.99. The Kier molecular flexibility index (Phi) is 11.9. The van der Waals surface area contributed by atoms with Gasteiger partial charge < -0.3 is 18.9 Å². The van der Waals surface area contributed by atoms with Crippen LogP contribution in [0, 0.1) is 0 Å². The van der Waals surface area contributed by atoms with E-state index in [9.17, 15) is 4.79 Å². The molecule has 102 valence electrons. The zero-order valence-electron chi connectivity index (χ0n) is 10.2. The van der Waals surface area contributed by atoms with Gasteiger partial charge >= 0.3 is 54.9 Å². The van der Waals surface area contributed by atoms with Crippen LogP contribution < -0.4 is 0 Å². The molecule has 0 aromatic heterocycles. The molecular formula is C10H12BaO7S. The van der Waals surface area contributed by atoms with Crippen molar-refractivity contribution in [3.63, 3.8) is 0 Å². The van der Waals surface area contributed by atoms with Gasteiger partial charge in [-0.3, -0.25) is 8.42 Å². The summed E-state index contributed by atoms with van der Waals surface area (Å²) < 4.78 is 39.0. The number of hydrogen-bond acceptors (Lipinski definition) is 7. The summed E-state index contributed by atoms with van der Waals surface area (Å²) in [5, 5.41) is 8.96. The fourth-order valence-corrected chi connectivity index (χ4v) is 0.876. The first-order valence-corrected chi connectivity index (χ1v) is 6.20. The molecule has 0 bridgehead atoms. The third-order valence-electron chi connectivity index (χ3n) is 1.54. The fraction of sp³-hybridized carbons (Fsp3) is 0.300. The van der Waals surface area contributed by atoms with E-state index in [0.29, 0.717) is 12.2 Å². The van der Waals surface area contributed by atoms with Gasteiger partial charge in [-0.05, 0) is 30.7 Å². The van der Waals surface area contributed by atoms with Crippen molar-refractivity contribution in [1.29, 1.82) is 0 Å². The Morgan fingerprint density at radius 2 is 1.68 bits per heavy atom. The minimum atomic E-state index is -5.17. The zero-order chi connectivity index (χ0) is 14.2. The average Bonchev–Trinajstić information content (AvgIpc) is 2.24. The molecule has 0 atom stereocenters. The van der Waals surface area contributed by atoms with Crippen molar-refractivity contribution in [3.05, 3.63) is 29.8 Å². The molecule has 0 aliphatic heterocycles. The van der Waals surface area contributed by atoms with Gasteiger partial charge in [0.2, 0.25) is 0 Å². The molecule has 0 saturated heterocycles. The Balaban J connectivity index is 0. The van der Waals surface area contributed by atoms with Crippen molar-refractivity contribution in [2.75, 3.05) is 6.61 Å². The molecule has 0 unspecified atom stereocenters. The summed E-state index contributed by atoms with van der Waals surface area (Å²) in [6.07, 6.45) is 0.809. The van der Waals surface area contributed by atoms with Gasteiger partial charge in [0.05, 0.1) is 12.2 Å². The number of phenolic OH excluding ortho intramolecular Hbond substituents is 1. The van der Waals surface area contributed by atoms with Gasteiger partial charge in [0.25, 0.3) is 0 Å². The topological polar surface area (TPSA) is 127 Å². The molecule has 19 heavy (non-hydrogen) atoms. The summed E-state index contributed by atoms with van der Waals surface area (Å²) in [4.78, 5) is 11.2. The summed E-state index contributed by atoms with van der Waals surface area (Å²) in [5.74, 6) is -0.200. The van der Waals surface area contributed by atoms with Crippen molar-refractivity contribution in [3.8, 4) is 5.75 Å². The Hall–Kier alpha value is -0.0686. The van der Waals surface area contributed by atoms with Gasteiger partial charge in [-0.25, -0.2) is 4.79 Å². The molecule has 0 radical (unpaired) electrons. The number of carbonyl (C=O) groups excluding carboxylic acids is 1. The molecule has 1 N–H and O–H groups in total. The van der Waals surface area contributed by atoms with Crippen molar-refractivity contribution in [1.82, 2.24) is 0 Å². The second kappa shape index (κ2) is 10.7. The second-order valence-electron chi connectivity index (χ2n) is 3.09. The standard InChI is InChI=1S/C10H12O3.Ba.H2O4S/c1-2-7-13-10(12)8-3-5-9(11)6-4-8;;1-5(2,3)4/h3-6,11H,2,7H2,1H3;;(H2,1,2,3,4)/q;+2;/p-2. The van der Waals surface area contributed by atoms with Crippen molar-refractivity contribution in [2.24, 2.45) is 0 Å². The molecule has 1 aromatic carbocycles. The molecular weight excluding hydrogens is 401 g/mol. The van der Waals surface area contributed by atoms with E-state index < -0.39 is 10.4 Å². The monoisotopic (exact) mass is 414 g/mol. The quantitative estimate of drug-likeness (QED) is 0.325. The van der Waals surface area contributed by atoms with Crippen LogP contribution in [0.15, 0.2) is 24.3 Å². The van der Waals surface area contributed by atoms with Gasteiger partial charge in [-0.15, -0.1) is 0 Å². The smallest absolute Gasteiger partial charge is 0.759 e. The molecule has 7 nitrogen and oxygen atoms in total. The van der Waals surface area contributed by atoms with Crippen LogP contribution in [0.1, 0.15) is 23.7 Å². The van der Waals surface area contributed by atoms with Crippen LogP contribution >= 0.6 is 0 Å². The summed E-state index contributed by atoms with van der Waals surface area (Å²) in [6.45, 7) is 2.36. The van der Waals surface area contributed by atoms with E-state index in [2.05, 4.69) is 0 Å². The van der Waals surface area contributed by atoms with Crippen LogP contribution in [0.3, 0.4) is 0 Å². The predicted octanol–water partition coefficient (Wildman–Crippen LogP) is 0.240. The largest absolute Gasteiger partial charge is 2.00 e. The summed E-state index contributed by atoms with van der Waals surface area (Å²) >= 11 is 0. The molecule has 0 aliphatic rings. The molecule has 0 spiro atoms. The number of benzene rings is 1. The van der Waals surface area contributed by atoms with Crippen molar-refractivity contribution < 1.29 is 32.2 Å². The van der Waals surface area contributed by atoms with Crippen LogP contribution in [0.25, 0.3) is 0 Å². The van der Waals surface area contributed by atoms with E-state index in [4.69, 9.17) is 27.4 Å². The van der Waals surface area contributed by atoms with E-state index in [1.807, 2.05) is 6.92 Å². The van der Waals surface area contributed by atoms with Crippen molar-refractivity contribution >= 4 is 65.2 Å². The molecule has 0 heterocycles. The molecule has 0 aliphatic carbocycles. The number of rotatable bonds is 3. The summed E-state index contributed by atoms with van der Waals surface area (Å²) in [5.41, 5.74) is 0.464. The maximum atomic E-state index is 11.2. The van der Waals surface area contributed by atoms with E-state index >= 15 is 0 Å². The van der Waals surface area contributed by atoms with Crippen LogP contribution in [0.5, 0.6) is 5.75 Å². The first-order chi connectivity index (χ1) is 8.24. The molecule has 9 heteroatoms. The first-order valence-electron chi connectivity index (χ1n) is 4.87. The van der Waals surface area contributed by atoms with Gasteiger partial charge in [0, 0.05) is 10.4 Å². The predicted molar refractivity (Wildman–Crippen MR) is 64.9 cm³/mol. The first kappa shape index (κ1) is 21.2. The van der Waals surface area contributed by atoms with E-state index in [1.54, 1.807) is 0 Å². The number of ether oxygens (including phenoxy) is 1. The third kappa shape index (κ3) is 14.2. The van der Waals surface area contributed by atoms with E-state index in [-0.39, 0.29) is 60.6 Å². The number of phenols is 1. The normalized spacial score (nSPS) is 9.63. The minimum absolute atomic E-state index is 0. The minimum Gasteiger partial charge on any atom is -0.759 e. The zero-order valence-corrected chi connectivity index (χ0v) is 15.5. The molecule has 0 fully saturated rings. The fourth-order valence-electron chi connectivity index (χ4n) is 0.876. The van der Waals surface area contributed by atoms with Crippen LogP contribution in [0.4, 0.5) is 0 Å². The Labute approximate surface area is 151 Å². The Morgan fingerprint density at radius 3 is 2.05 bits per heavy atom. The average molecular weight is 414 g/mol. The van der Waals surface area contributed by atoms with E-state index in [0.717, 1.165) is 6.42 Å². The Morgan fingerprint density at radius 1 is 1.26 bits per heavy atom. The van der Waals surface area contributed by atoms with Crippen LogP contribution in [-0.4, -0.2) is 84.1 Å². The summed E-state index contributed by atoms with van der Waals surface area (Å²) in [7, 11) is -5.17. The van der Waals surface area contributed by atoms with Gasteiger partial charge in [0.1, 0.15) is 5.75 Å². The van der Waals surface area contributed by atoms with Gasteiger partial charge in [-0.1, -0.05) is 6.92 Å². The maximum absolute atomic E-state index is 11.2. The number of hydrogen-bond donors (Lipinski definition) is 1. The van der Waals surface area contributed by atoms with Crippen LogP contribution in [-0.2, 0) is 15.1 Å². The number of esters is 1. The van der Waals surface area contributed by atoms with Gasteiger partial charge in [-0.2, -0.15) is 0 Å². The number of carbonyl (C=O) groups is 1. The molecule has 0 amide bonds. The molecule has 1 aromatic rings. The second-order valence-corrected chi connectivity index (χ2v) is 3.91. The molecule has 1 rings (SSSR count). The third-order valence-corrected chi connectivity index (χ3v) is 1.54.